The predicted molar refractivity (Wildman–Crippen MR) is 71.4 cm³/mol. The number of nitrogen functional groups attached to an aromatic ring is 1. The van der Waals surface area contributed by atoms with Gasteiger partial charge in [0.15, 0.2) is 0 Å². The van der Waals surface area contributed by atoms with Crippen molar-refractivity contribution in [2.75, 3.05) is 12.3 Å². The lowest BCUT2D eigenvalue weighted by Crippen LogP contribution is -2.15. The number of nitrogens with two attached hydrogens (primary N) is 1. The number of aromatic nitrogens is 3. The molecule has 0 radical (unpaired) electrons. The summed E-state index contributed by atoms with van der Waals surface area (Å²) in [5, 5.41) is 19.0. The molecule has 1 aliphatic rings. The summed E-state index contributed by atoms with van der Waals surface area (Å²) in [6.45, 7) is 2.03. The molecular formula is C13H15N5O2. The lowest BCUT2D eigenvalue weighted by molar-refractivity contribution is -0.0291. The van der Waals surface area contributed by atoms with Gasteiger partial charge in [0.05, 0.1) is 23.7 Å². The highest BCUT2D eigenvalue weighted by Crippen LogP contribution is 2.37. The van der Waals surface area contributed by atoms with Gasteiger partial charge in [-0.3, -0.25) is 0 Å². The third kappa shape index (κ3) is 1.81. The van der Waals surface area contributed by atoms with Gasteiger partial charge in [-0.05, 0) is 6.42 Å². The molecule has 2 aromatic heterocycles. The number of nitrogens with zero attached hydrogens (tertiary/aromatic N) is 4. The summed E-state index contributed by atoms with van der Waals surface area (Å²) >= 11 is 0. The smallest absolute Gasteiger partial charge is 0.148 e. The van der Waals surface area contributed by atoms with Crippen LogP contribution in [0.4, 0.5) is 5.82 Å². The zero-order valence-corrected chi connectivity index (χ0v) is 11.0. The highest BCUT2D eigenvalue weighted by Gasteiger charge is 2.34. The van der Waals surface area contributed by atoms with Crippen LogP contribution < -0.4 is 5.73 Å². The third-order valence-corrected chi connectivity index (χ3v) is 3.69. The van der Waals surface area contributed by atoms with Gasteiger partial charge in [0.2, 0.25) is 0 Å². The van der Waals surface area contributed by atoms with Gasteiger partial charge in [0, 0.05) is 12.1 Å². The highest BCUT2D eigenvalue weighted by atomic mass is 16.5. The lowest BCUT2D eigenvalue weighted by atomic mass is 10.1. The van der Waals surface area contributed by atoms with Crippen molar-refractivity contribution in [3.63, 3.8) is 0 Å². The van der Waals surface area contributed by atoms with E-state index in [2.05, 4.69) is 16.0 Å². The number of fused-ring (bicyclic) bond motifs is 1. The van der Waals surface area contributed by atoms with Crippen LogP contribution in [0.3, 0.4) is 0 Å². The molecule has 7 heteroatoms. The van der Waals surface area contributed by atoms with Gasteiger partial charge in [0.1, 0.15) is 30.1 Å². The van der Waals surface area contributed by atoms with Crippen molar-refractivity contribution in [1.29, 1.82) is 5.26 Å². The number of ether oxygens (including phenoxy) is 1. The van der Waals surface area contributed by atoms with Crippen LogP contribution in [0.25, 0.3) is 11.0 Å². The van der Waals surface area contributed by atoms with Gasteiger partial charge in [-0.2, -0.15) is 5.26 Å². The van der Waals surface area contributed by atoms with Gasteiger partial charge in [0.25, 0.3) is 0 Å². The Labute approximate surface area is 115 Å². The molecule has 7 nitrogen and oxygen atoms in total. The van der Waals surface area contributed by atoms with Gasteiger partial charge < -0.3 is 20.1 Å². The Hall–Kier alpha value is -2.17. The van der Waals surface area contributed by atoms with Gasteiger partial charge in [-0.15, -0.1) is 0 Å². The van der Waals surface area contributed by atoms with E-state index in [0.717, 1.165) is 6.42 Å². The minimum absolute atomic E-state index is 0.0116. The van der Waals surface area contributed by atoms with Crippen LogP contribution in [0.2, 0.25) is 0 Å². The second-order valence-electron chi connectivity index (χ2n) is 5.06. The van der Waals surface area contributed by atoms with E-state index in [-0.39, 0.29) is 30.7 Å². The van der Waals surface area contributed by atoms with E-state index in [0.29, 0.717) is 16.6 Å². The van der Waals surface area contributed by atoms with Crippen LogP contribution in [0.15, 0.2) is 12.5 Å². The van der Waals surface area contributed by atoms with Crippen molar-refractivity contribution in [3.8, 4) is 6.07 Å². The van der Waals surface area contributed by atoms with Crippen molar-refractivity contribution in [3.05, 3.63) is 18.1 Å². The molecule has 0 amide bonds. The summed E-state index contributed by atoms with van der Waals surface area (Å²) in [4.78, 5) is 8.15. The molecule has 1 unspecified atom stereocenters. The van der Waals surface area contributed by atoms with Gasteiger partial charge in [-0.25, -0.2) is 9.97 Å². The first kappa shape index (κ1) is 12.8. The molecule has 0 spiro atoms. The predicted octanol–water partition coefficient (Wildman–Crippen LogP) is 0.801. The van der Waals surface area contributed by atoms with Crippen molar-refractivity contribution in [2.45, 2.75) is 25.7 Å². The SMILES string of the molecule is C[C@H]1CC(CO)O[C@@H]1n1cc(C#N)c2c(N)ncnc21. The van der Waals surface area contributed by atoms with E-state index >= 15 is 0 Å². The van der Waals surface area contributed by atoms with E-state index in [9.17, 15) is 10.4 Å². The summed E-state index contributed by atoms with van der Waals surface area (Å²) in [5.74, 6) is 0.500. The number of nitriles is 1. The molecule has 0 saturated carbocycles. The number of aliphatic hydroxyl groups is 1. The molecule has 0 aliphatic carbocycles. The summed E-state index contributed by atoms with van der Waals surface area (Å²) in [5.41, 5.74) is 6.86. The van der Waals surface area contributed by atoms with Crippen molar-refractivity contribution in [1.82, 2.24) is 14.5 Å². The number of hydrogen-bond acceptors (Lipinski definition) is 6. The molecule has 3 atom stereocenters. The Morgan fingerprint density at radius 1 is 1.60 bits per heavy atom. The molecule has 1 fully saturated rings. The van der Waals surface area contributed by atoms with Crippen LogP contribution in [-0.4, -0.2) is 32.4 Å². The number of aliphatic hydroxyl groups excluding tert-OH is 1. The number of anilines is 1. The van der Waals surface area contributed by atoms with Crippen molar-refractivity contribution < 1.29 is 9.84 Å². The Morgan fingerprint density at radius 3 is 3.05 bits per heavy atom. The van der Waals surface area contributed by atoms with Gasteiger partial charge >= 0.3 is 0 Å². The molecule has 20 heavy (non-hydrogen) atoms. The first-order valence-corrected chi connectivity index (χ1v) is 6.43. The topological polar surface area (TPSA) is 110 Å². The Kier molecular flexibility index (Phi) is 3.04. The lowest BCUT2D eigenvalue weighted by Gasteiger charge is -2.17. The standard InChI is InChI=1S/C13H15N5O2/c1-7-2-9(5-19)20-13(7)18-4-8(3-14)10-11(15)16-6-17-12(10)18/h4,6-7,9,13,19H,2,5H2,1H3,(H2,15,16,17)/t7-,9?,13-/m0/s1. The maximum Gasteiger partial charge on any atom is 0.148 e. The van der Waals surface area contributed by atoms with Crippen LogP contribution in [0.1, 0.15) is 25.1 Å². The first-order chi connectivity index (χ1) is 9.65. The minimum atomic E-state index is -0.258. The average Bonchev–Trinajstić information content (AvgIpc) is 3.00. The zero-order chi connectivity index (χ0) is 14.3. The summed E-state index contributed by atoms with van der Waals surface area (Å²) in [6.07, 6.45) is 3.39. The Morgan fingerprint density at radius 2 is 2.40 bits per heavy atom. The fraction of sp³-hybridized carbons (Fsp3) is 0.462. The highest BCUT2D eigenvalue weighted by molar-refractivity contribution is 5.91. The average molecular weight is 273 g/mol. The third-order valence-electron chi connectivity index (χ3n) is 3.69. The normalized spacial score (nSPS) is 25.9. The molecule has 3 N–H and O–H groups in total. The van der Waals surface area contributed by atoms with Crippen LogP contribution in [0, 0.1) is 17.2 Å². The van der Waals surface area contributed by atoms with E-state index in [1.165, 1.54) is 6.33 Å². The maximum atomic E-state index is 9.23. The molecule has 3 heterocycles. The summed E-state index contributed by atoms with van der Waals surface area (Å²) < 4.78 is 7.63. The second-order valence-corrected chi connectivity index (χ2v) is 5.06. The van der Waals surface area contributed by atoms with E-state index in [4.69, 9.17) is 10.5 Å². The molecular weight excluding hydrogens is 258 g/mol. The molecule has 3 rings (SSSR count). The molecule has 0 aromatic carbocycles. The maximum absolute atomic E-state index is 9.23. The fourth-order valence-electron chi connectivity index (χ4n) is 2.76. The Bertz CT molecular complexity index is 690. The number of rotatable bonds is 2. The summed E-state index contributed by atoms with van der Waals surface area (Å²) in [6, 6.07) is 2.11. The monoisotopic (exact) mass is 273 g/mol. The second kappa shape index (κ2) is 4.74. The zero-order valence-electron chi connectivity index (χ0n) is 11.0. The van der Waals surface area contributed by atoms with Crippen molar-refractivity contribution >= 4 is 16.9 Å². The first-order valence-electron chi connectivity index (χ1n) is 6.43. The van der Waals surface area contributed by atoms with Crippen LogP contribution in [0.5, 0.6) is 0 Å². The fourth-order valence-corrected chi connectivity index (χ4v) is 2.76. The van der Waals surface area contributed by atoms with Crippen LogP contribution in [-0.2, 0) is 4.74 Å². The molecule has 1 saturated heterocycles. The van der Waals surface area contributed by atoms with E-state index in [1.54, 1.807) is 6.20 Å². The van der Waals surface area contributed by atoms with Crippen molar-refractivity contribution in [2.24, 2.45) is 5.92 Å². The molecule has 1 aliphatic heterocycles. The van der Waals surface area contributed by atoms with Gasteiger partial charge in [-0.1, -0.05) is 6.92 Å². The molecule has 0 bridgehead atoms. The molecule has 104 valence electrons. The Balaban J connectivity index is 2.14. The minimum Gasteiger partial charge on any atom is -0.394 e. The van der Waals surface area contributed by atoms with Crippen LogP contribution >= 0.6 is 0 Å². The van der Waals surface area contributed by atoms with E-state index in [1.807, 2.05) is 11.5 Å². The van der Waals surface area contributed by atoms with E-state index < -0.39 is 0 Å². The summed E-state index contributed by atoms with van der Waals surface area (Å²) in [7, 11) is 0. The largest absolute Gasteiger partial charge is 0.394 e. The quantitative estimate of drug-likeness (QED) is 0.837. The molecule has 2 aromatic rings. The number of hydrogen-bond donors (Lipinski definition) is 2.